The lowest BCUT2D eigenvalue weighted by Crippen LogP contribution is -2.40. The molecule has 0 unspecified atom stereocenters. The number of amides is 1. The molecular weight excluding hydrogens is 264 g/mol. The third-order valence-corrected chi connectivity index (χ3v) is 3.97. The molecular formula is C17H26N2O2. The maximum atomic E-state index is 12.1. The SMILES string of the molecule is CN(C)CC[C@H]1CCCN(C(=O)OCc2ccccc2)C1. The van der Waals surface area contributed by atoms with Crippen molar-refractivity contribution < 1.29 is 9.53 Å². The molecule has 1 saturated heterocycles. The third kappa shape index (κ3) is 5.38. The van der Waals surface area contributed by atoms with E-state index >= 15 is 0 Å². The Morgan fingerprint density at radius 1 is 1.33 bits per heavy atom. The van der Waals surface area contributed by atoms with Gasteiger partial charge in [0.05, 0.1) is 0 Å². The zero-order chi connectivity index (χ0) is 15.1. The van der Waals surface area contributed by atoms with E-state index in [1.165, 1.54) is 6.42 Å². The van der Waals surface area contributed by atoms with Gasteiger partial charge in [-0.3, -0.25) is 0 Å². The highest BCUT2D eigenvalue weighted by molar-refractivity contribution is 5.67. The second kappa shape index (κ2) is 8.03. The van der Waals surface area contributed by atoms with Crippen LogP contribution >= 0.6 is 0 Å². The fourth-order valence-corrected chi connectivity index (χ4v) is 2.72. The first-order chi connectivity index (χ1) is 10.1. The number of hydrogen-bond acceptors (Lipinski definition) is 3. The van der Waals surface area contributed by atoms with Gasteiger partial charge in [0, 0.05) is 13.1 Å². The zero-order valence-electron chi connectivity index (χ0n) is 13.1. The smallest absolute Gasteiger partial charge is 0.410 e. The highest BCUT2D eigenvalue weighted by Gasteiger charge is 2.24. The summed E-state index contributed by atoms with van der Waals surface area (Å²) in [5, 5.41) is 0. The standard InChI is InChI=1S/C17H26N2O2/c1-18(2)12-10-15-9-6-11-19(13-15)17(20)21-14-16-7-4-3-5-8-16/h3-5,7-8,15H,6,9-14H2,1-2H3/t15-/m1/s1. The molecule has 4 nitrogen and oxygen atoms in total. The summed E-state index contributed by atoms with van der Waals surface area (Å²) in [4.78, 5) is 16.2. The van der Waals surface area contributed by atoms with Gasteiger partial charge < -0.3 is 14.5 Å². The Kier molecular flexibility index (Phi) is 6.05. The van der Waals surface area contributed by atoms with Gasteiger partial charge in [-0.25, -0.2) is 4.79 Å². The van der Waals surface area contributed by atoms with E-state index in [0.717, 1.165) is 38.0 Å². The number of rotatable bonds is 5. The van der Waals surface area contributed by atoms with Crippen LogP contribution < -0.4 is 0 Å². The molecule has 1 atom stereocenters. The molecule has 1 amide bonds. The van der Waals surface area contributed by atoms with Gasteiger partial charge in [-0.1, -0.05) is 30.3 Å². The summed E-state index contributed by atoms with van der Waals surface area (Å²) < 4.78 is 5.42. The first-order valence-corrected chi connectivity index (χ1v) is 7.75. The van der Waals surface area contributed by atoms with Crippen molar-refractivity contribution in [1.29, 1.82) is 0 Å². The molecule has 116 valence electrons. The Bertz CT molecular complexity index is 434. The minimum atomic E-state index is -0.173. The molecule has 1 aromatic rings. The molecule has 0 aromatic heterocycles. The van der Waals surface area contributed by atoms with Crippen LogP contribution in [0.2, 0.25) is 0 Å². The number of nitrogens with zero attached hydrogens (tertiary/aromatic N) is 2. The maximum absolute atomic E-state index is 12.1. The van der Waals surface area contributed by atoms with Crippen LogP contribution in [-0.2, 0) is 11.3 Å². The molecule has 0 bridgehead atoms. The van der Waals surface area contributed by atoms with E-state index in [-0.39, 0.29) is 6.09 Å². The van der Waals surface area contributed by atoms with Crippen LogP contribution in [0.25, 0.3) is 0 Å². The topological polar surface area (TPSA) is 32.8 Å². The van der Waals surface area contributed by atoms with Crippen molar-refractivity contribution in [3.05, 3.63) is 35.9 Å². The Morgan fingerprint density at radius 2 is 2.10 bits per heavy atom. The van der Waals surface area contributed by atoms with Gasteiger partial charge >= 0.3 is 6.09 Å². The summed E-state index contributed by atoms with van der Waals surface area (Å²) in [6.45, 7) is 3.10. The molecule has 1 heterocycles. The fourth-order valence-electron chi connectivity index (χ4n) is 2.72. The second-order valence-corrected chi connectivity index (χ2v) is 6.09. The van der Waals surface area contributed by atoms with E-state index in [1.807, 2.05) is 35.2 Å². The van der Waals surface area contributed by atoms with Crippen LogP contribution in [0.3, 0.4) is 0 Å². The van der Waals surface area contributed by atoms with E-state index in [4.69, 9.17) is 4.74 Å². The molecule has 1 fully saturated rings. The second-order valence-electron chi connectivity index (χ2n) is 6.09. The van der Waals surface area contributed by atoms with Crippen LogP contribution in [0.15, 0.2) is 30.3 Å². The fraction of sp³-hybridized carbons (Fsp3) is 0.588. The van der Waals surface area contributed by atoms with Gasteiger partial charge in [0.25, 0.3) is 0 Å². The van der Waals surface area contributed by atoms with Gasteiger partial charge in [-0.05, 0) is 51.4 Å². The number of benzene rings is 1. The summed E-state index contributed by atoms with van der Waals surface area (Å²) in [6, 6.07) is 9.83. The lowest BCUT2D eigenvalue weighted by Gasteiger charge is -2.32. The summed E-state index contributed by atoms with van der Waals surface area (Å²) in [7, 11) is 4.18. The number of likely N-dealkylation sites (tertiary alicyclic amines) is 1. The van der Waals surface area contributed by atoms with Crippen molar-refractivity contribution in [2.45, 2.75) is 25.9 Å². The van der Waals surface area contributed by atoms with E-state index in [0.29, 0.717) is 12.5 Å². The molecule has 0 saturated carbocycles. The summed E-state index contributed by atoms with van der Waals surface area (Å²) in [6.07, 6.45) is 3.28. The van der Waals surface area contributed by atoms with Gasteiger partial charge in [-0.15, -0.1) is 0 Å². The van der Waals surface area contributed by atoms with Crippen molar-refractivity contribution in [2.24, 2.45) is 5.92 Å². The van der Waals surface area contributed by atoms with Crippen molar-refractivity contribution in [3.8, 4) is 0 Å². The first-order valence-electron chi connectivity index (χ1n) is 7.75. The Morgan fingerprint density at radius 3 is 2.81 bits per heavy atom. The van der Waals surface area contributed by atoms with Crippen LogP contribution in [0.1, 0.15) is 24.8 Å². The predicted molar refractivity (Wildman–Crippen MR) is 84.1 cm³/mol. The Balaban J connectivity index is 1.76. The number of carbonyl (C=O) groups excluding carboxylic acids is 1. The van der Waals surface area contributed by atoms with Gasteiger partial charge in [-0.2, -0.15) is 0 Å². The molecule has 1 aromatic carbocycles. The quantitative estimate of drug-likeness (QED) is 0.836. The van der Waals surface area contributed by atoms with E-state index < -0.39 is 0 Å². The minimum Gasteiger partial charge on any atom is -0.445 e. The van der Waals surface area contributed by atoms with Crippen LogP contribution in [0.5, 0.6) is 0 Å². The zero-order valence-corrected chi connectivity index (χ0v) is 13.1. The lowest BCUT2D eigenvalue weighted by atomic mass is 9.95. The van der Waals surface area contributed by atoms with Gasteiger partial charge in [0.1, 0.15) is 6.61 Å². The number of hydrogen-bond donors (Lipinski definition) is 0. The summed E-state index contributed by atoms with van der Waals surface area (Å²) in [5.41, 5.74) is 1.03. The summed E-state index contributed by atoms with van der Waals surface area (Å²) >= 11 is 0. The molecule has 2 rings (SSSR count). The summed E-state index contributed by atoms with van der Waals surface area (Å²) in [5.74, 6) is 0.602. The van der Waals surface area contributed by atoms with Crippen molar-refractivity contribution in [2.75, 3.05) is 33.7 Å². The number of piperidine rings is 1. The van der Waals surface area contributed by atoms with Gasteiger partial charge in [0.15, 0.2) is 0 Å². The average Bonchev–Trinajstić information content (AvgIpc) is 2.52. The molecule has 1 aliphatic heterocycles. The van der Waals surface area contributed by atoms with E-state index in [1.54, 1.807) is 0 Å². The molecule has 0 N–H and O–H groups in total. The van der Waals surface area contributed by atoms with Crippen LogP contribution in [-0.4, -0.2) is 49.6 Å². The predicted octanol–water partition coefficient (Wildman–Crippen LogP) is 2.99. The highest BCUT2D eigenvalue weighted by atomic mass is 16.6. The van der Waals surface area contributed by atoms with E-state index in [9.17, 15) is 4.79 Å². The van der Waals surface area contributed by atoms with Crippen LogP contribution in [0, 0.1) is 5.92 Å². The van der Waals surface area contributed by atoms with Crippen molar-refractivity contribution in [3.63, 3.8) is 0 Å². The Hall–Kier alpha value is -1.55. The Labute approximate surface area is 127 Å². The van der Waals surface area contributed by atoms with E-state index in [2.05, 4.69) is 19.0 Å². The minimum absolute atomic E-state index is 0.173. The molecule has 0 spiro atoms. The molecule has 0 radical (unpaired) electrons. The first kappa shape index (κ1) is 15.8. The number of carbonyl (C=O) groups is 1. The lowest BCUT2D eigenvalue weighted by molar-refractivity contribution is 0.0770. The maximum Gasteiger partial charge on any atom is 0.410 e. The van der Waals surface area contributed by atoms with Crippen LogP contribution in [0.4, 0.5) is 4.79 Å². The largest absolute Gasteiger partial charge is 0.445 e. The normalized spacial score (nSPS) is 18.8. The number of ether oxygens (including phenoxy) is 1. The third-order valence-electron chi connectivity index (χ3n) is 3.97. The molecule has 1 aliphatic rings. The van der Waals surface area contributed by atoms with Gasteiger partial charge in [0.2, 0.25) is 0 Å². The molecule has 0 aliphatic carbocycles. The molecule has 4 heteroatoms. The average molecular weight is 290 g/mol. The highest BCUT2D eigenvalue weighted by Crippen LogP contribution is 2.20. The monoisotopic (exact) mass is 290 g/mol. The van der Waals surface area contributed by atoms with Crippen molar-refractivity contribution >= 4 is 6.09 Å². The van der Waals surface area contributed by atoms with Crippen molar-refractivity contribution in [1.82, 2.24) is 9.80 Å². The molecule has 21 heavy (non-hydrogen) atoms.